The molecule has 7 nitrogen and oxygen atoms in total. The second kappa shape index (κ2) is 6.62. The Hall–Kier alpha value is -2.48. The Morgan fingerprint density at radius 1 is 1.25 bits per heavy atom. The lowest BCUT2D eigenvalue weighted by molar-refractivity contribution is 0.0944. The van der Waals surface area contributed by atoms with Crippen LogP contribution in [0.25, 0.3) is 0 Å². The van der Waals surface area contributed by atoms with Gasteiger partial charge >= 0.3 is 0 Å². The molecule has 8 heteroatoms. The number of nitrogens with one attached hydrogen (secondary N) is 2. The Morgan fingerprint density at radius 2 is 2.00 bits per heavy atom. The molecule has 0 aliphatic carbocycles. The Kier molecular flexibility index (Phi) is 4.61. The van der Waals surface area contributed by atoms with Gasteiger partial charge in [0, 0.05) is 19.6 Å². The fraction of sp³-hybridized carbons (Fsp3) is 0.250. The van der Waals surface area contributed by atoms with E-state index in [1.165, 1.54) is 12.1 Å². The predicted octanol–water partition coefficient (Wildman–Crippen LogP) is 0.310. The van der Waals surface area contributed by atoms with Crippen LogP contribution in [0.5, 0.6) is 0 Å². The molecular weight excluding hydrogens is 265 g/mol. The molecule has 4 N–H and O–H groups in total. The van der Waals surface area contributed by atoms with E-state index in [0.717, 1.165) is 5.56 Å². The summed E-state index contributed by atoms with van der Waals surface area (Å²) in [5.41, 5.74) is 6.32. The van der Waals surface area contributed by atoms with Crippen molar-refractivity contribution in [3.63, 3.8) is 0 Å². The Labute approximate surface area is 114 Å². The van der Waals surface area contributed by atoms with E-state index in [2.05, 4.69) is 25.6 Å². The van der Waals surface area contributed by atoms with Crippen LogP contribution in [0.15, 0.2) is 28.9 Å². The van der Waals surface area contributed by atoms with Crippen LogP contribution < -0.4 is 16.4 Å². The van der Waals surface area contributed by atoms with E-state index in [4.69, 9.17) is 5.73 Å². The van der Waals surface area contributed by atoms with E-state index in [-0.39, 0.29) is 17.3 Å². The maximum atomic E-state index is 12.7. The molecule has 1 aromatic heterocycles. The van der Waals surface area contributed by atoms with E-state index in [1.807, 2.05) is 0 Å². The Morgan fingerprint density at radius 3 is 2.65 bits per heavy atom. The summed E-state index contributed by atoms with van der Waals surface area (Å²) in [5, 5.41) is 12.4. The van der Waals surface area contributed by atoms with Crippen molar-refractivity contribution in [3.05, 3.63) is 41.3 Å². The van der Waals surface area contributed by atoms with Crippen LogP contribution in [0, 0.1) is 5.82 Å². The minimum Gasteiger partial charge on any atom is -0.379 e. The maximum Gasteiger partial charge on any atom is 0.277 e. The van der Waals surface area contributed by atoms with Crippen LogP contribution in [-0.4, -0.2) is 29.3 Å². The number of nitrogens with two attached hydrogens (primary N) is 1. The van der Waals surface area contributed by atoms with Crippen molar-refractivity contribution in [2.24, 2.45) is 0 Å². The molecule has 0 atom stereocenters. The number of carbonyl (C=O) groups excluding carboxylic acids is 1. The summed E-state index contributed by atoms with van der Waals surface area (Å²) in [6, 6.07) is 6.20. The molecule has 0 saturated heterocycles. The van der Waals surface area contributed by atoms with Crippen molar-refractivity contribution in [1.29, 1.82) is 0 Å². The van der Waals surface area contributed by atoms with E-state index in [1.54, 1.807) is 12.1 Å². The molecule has 1 heterocycles. The van der Waals surface area contributed by atoms with Gasteiger partial charge in [0.15, 0.2) is 0 Å². The predicted molar refractivity (Wildman–Crippen MR) is 69.2 cm³/mol. The highest BCUT2D eigenvalue weighted by Crippen LogP contribution is 2.03. The lowest BCUT2D eigenvalue weighted by Gasteiger charge is -2.06. The summed E-state index contributed by atoms with van der Waals surface area (Å²) < 4.78 is 17.0. The third-order valence-corrected chi connectivity index (χ3v) is 2.56. The number of amides is 1. The van der Waals surface area contributed by atoms with Gasteiger partial charge in [-0.15, -0.1) is 0 Å². The summed E-state index contributed by atoms with van der Waals surface area (Å²) in [7, 11) is 0. The zero-order chi connectivity index (χ0) is 14.4. The van der Waals surface area contributed by atoms with Crippen molar-refractivity contribution in [2.75, 3.05) is 18.8 Å². The van der Waals surface area contributed by atoms with Crippen LogP contribution in [-0.2, 0) is 6.54 Å². The van der Waals surface area contributed by atoms with Crippen LogP contribution in [0.1, 0.15) is 16.1 Å². The van der Waals surface area contributed by atoms with Gasteiger partial charge in [-0.2, -0.15) is 0 Å². The maximum absolute atomic E-state index is 12.7. The zero-order valence-electron chi connectivity index (χ0n) is 10.6. The van der Waals surface area contributed by atoms with E-state index in [0.29, 0.717) is 19.6 Å². The van der Waals surface area contributed by atoms with Gasteiger partial charge in [0.05, 0.1) is 0 Å². The smallest absolute Gasteiger partial charge is 0.277 e. The first-order valence-electron chi connectivity index (χ1n) is 5.98. The second-order valence-corrected chi connectivity index (χ2v) is 4.06. The summed E-state index contributed by atoms with van der Waals surface area (Å²) in [4.78, 5) is 11.6. The van der Waals surface area contributed by atoms with Crippen molar-refractivity contribution >= 4 is 11.7 Å². The standard InChI is InChI=1S/C12H14FN5O2/c13-9-3-1-8(2-4-9)7-15-5-6-16-12(19)10-11(14)18-20-17-10/h1-4,15H,5-7H2,(H2,14,18)(H,16,19). The number of anilines is 1. The lowest BCUT2D eigenvalue weighted by atomic mass is 10.2. The van der Waals surface area contributed by atoms with Crippen LogP contribution >= 0.6 is 0 Å². The number of nitrogens with zero attached hydrogens (tertiary/aromatic N) is 2. The number of benzene rings is 1. The number of nitrogen functional groups attached to an aromatic ring is 1. The number of aromatic nitrogens is 2. The van der Waals surface area contributed by atoms with E-state index in [9.17, 15) is 9.18 Å². The normalized spacial score (nSPS) is 10.4. The zero-order valence-corrected chi connectivity index (χ0v) is 10.6. The number of hydrogen-bond acceptors (Lipinski definition) is 6. The third kappa shape index (κ3) is 3.75. The van der Waals surface area contributed by atoms with Gasteiger partial charge in [-0.3, -0.25) is 4.79 Å². The van der Waals surface area contributed by atoms with Gasteiger partial charge in [-0.25, -0.2) is 9.02 Å². The number of hydrogen-bond donors (Lipinski definition) is 3. The summed E-state index contributed by atoms with van der Waals surface area (Å²) >= 11 is 0. The van der Waals surface area contributed by atoms with Crippen LogP contribution in [0.2, 0.25) is 0 Å². The summed E-state index contributed by atoms with van der Waals surface area (Å²) in [5.74, 6) is -0.742. The van der Waals surface area contributed by atoms with Crippen molar-refractivity contribution in [3.8, 4) is 0 Å². The molecule has 0 spiro atoms. The molecule has 2 aromatic rings. The van der Waals surface area contributed by atoms with Gasteiger partial charge in [0.1, 0.15) is 5.82 Å². The fourth-order valence-corrected chi connectivity index (χ4v) is 1.54. The Balaban J connectivity index is 1.66. The second-order valence-electron chi connectivity index (χ2n) is 4.06. The molecule has 1 aromatic carbocycles. The molecule has 0 unspecified atom stereocenters. The minimum absolute atomic E-state index is 0.0245. The molecule has 0 bridgehead atoms. The highest BCUT2D eigenvalue weighted by molar-refractivity contribution is 5.95. The largest absolute Gasteiger partial charge is 0.379 e. The topological polar surface area (TPSA) is 106 Å². The summed E-state index contributed by atoms with van der Waals surface area (Å²) in [6.45, 7) is 1.53. The van der Waals surface area contributed by atoms with Gasteiger partial charge in [-0.05, 0) is 28.0 Å². The Bertz CT molecular complexity index is 569. The van der Waals surface area contributed by atoms with Crippen LogP contribution in [0.3, 0.4) is 0 Å². The van der Waals surface area contributed by atoms with Crippen LogP contribution in [0.4, 0.5) is 10.2 Å². The monoisotopic (exact) mass is 279 g/mol. The highest BCUT2D eigenvalue weighted by Gasteiger charge is 2.14. The molecule has 0 aliphatic rings. The van der Waals surface area contributed by atoms with Gasteiger partial charge in [0.2, 0.25) is 11.5 Å². The number of rotatable bonds is 6. The van der Waals surface area contributed by atoms with Crippen molar-refractivity contribution < 1.29 is 13.8 Å². The third-order valence-electron chi connectivity index (χ3n) is 2.56. The average Bonchev–Trinajstić information content (AvgIpc) is 2.86. The van der Waals surface area contributed by atoms with E-state index < -0.39 is 5.91 Å². The molecule has 0 fully saturated rings. The van der Waals surface area contributed by atoms with Crippen molar-refractivity contribution in [1.82, 2.24) is 20.9 Å². The number of carbonyl (C=O) groups is 1. The SMILES string of the molecule is Nc1nonc1C(=O)NCCNCc1ccc(F)cc1. The lowest BCUT2D eigenvalue weighted by Crippen LogP contribution is -2.32. The molecule has 1 amide bonds. The minimum atomic E-state index is -0.438. The first kappa shape index (κ1) is 13.9. The fourth-order valence-electron chi connectivity index (χ4n) is 1.54. The highest BCUT2D eigenvalue weighted by atomic mass is 19.1. The number of halogens is 1. The molecular formula is C12H14FN5O2. The molecule has 0 aliphatic heterocycles. The first-order chi connectivity index (χ1) is 9.66. The van der Waals surface area contributed by atoms with Gasteiger partial charge < -0.3 is 16.4 Å². The quantitative estimate of drug-likeness (QED) is 0.657. The molecule has 106 valence electrons. The average molecular weight is 279 g/mol. The molecule has 2 rings (SSSR count). The molecule has 20 heavy (non-hydrogen) atoms. The molecule has 0 radical (unpaired) electrons. The summed E-state index contributed by atoms with van der Waals surface area (Å²) in [6.07, 6.45) is 0. The first-order valence-corrected chi connectivity index (χ1v) is 5.98. The van der Waals surface area contributed by atoms with Gasteiger partial charge in [0.25, 0.3) is 5.91 Å². The van der Waals surface area contributed by atoms with E-state index >= 15 is 0 Å². The molecule has 0 saturated carbocycles. The van der Waals surface area contributed by atoms with Crippen molar-refractivity contribution in [2.45, 2.75) is 6.54 Å². The van der Waals surface area contributed by atoms with Gasteiger partial charge in [-0.1, -0.05) is 12.1 Å².